The Hall–Kier alpha value is -0.0731. The number of rotatable bonds is 5. The Morgan fingerprint density at radius 1 is 1.21 bits per heavy atom. The van der Waals surface area contributed by atoms with Gasteiger partial charge in [0.25, 0.3) is 0 Å². The zero-order valence-corrected chi connectivity index (χ0v) is 16.0. The molecule has 108 valence electrons. The van der Waals surface area contributed by atoms with E-state index in [-0.39, 0.29) is 5.04 Å². The molecule has 0 fully saturated rings. The summed E-state index contributed by atoms with van der Waals surface area (Å²) in [6, 6.07) is 6.30. The third-order valence-electron chi connectivity index (χ3n) is 3.66. The molecule has 19 heavy (non-hydrogen) atoms. The number of halogens is 1. The smallest absolute Gasteiger partial charge is 0.250 e. The second-order valence-corrected chi connectivity index (χ2v) is 12.1. The van der Waals surface area contributed by atoms with Gasteiger partial charge in [-0.1, -0.05) is 20.8 Å². The van der Waals surface area contributed by atoms with E-state index < -0.39 is 8.32 Å². The zero-order chi connectivity index (χ0) is 14.7. The van der Waals surface area contributed by atoms with Crippen LogP contribution in [-0.2, 0) is 11.3 Å². The van der Waals surface area contributed by atoms with Gasteiger partial charge in [0.05, 0.1) is 6.61 Å². The average Bonchev–Trinajstić information content (AvgIpc) is 2.28. The van der Waals surface area contributed by atoms with Crippen LogP contribution in [0.4, 0.5) is 0 Å². The molecule has 0 saturated heterocycles. The second kappa shape index (κ2) is 6.59. The van der Waals surface area contributed by atoms with Crippen LogP contribution in [0.2, 0.25) is 18.1 Å². The van der Waals surface area contributed by atoms with E-state index in [1.165, 1.54) is 9.13 Å². The second-order valence-electron chi connectivity index (χ2n) is 6.25. The summed E-state index contributed by atoms with van der Waals surface area (Å²) in [5.41, 5.74) is 1.21. The fourth-order valence-electron chi connectivity index (χ4n) is 1.38. The van der Waals surface area contributed by atoms with Gasteiger partial charge in [0.2, 0.25) is 8.32 Å². The Bertz CT molecular complexity index is 425. The first-order chi connectivity index (χ1) is 8.67. The minimum Gasteiger partial charge on any atom is -0.543 e. The molecule has 0 aliphatic rings. The van der Waals surface area contributed by atoms with Crippen LogP contribution in [-0.4, -0.2) is 14.9 Å². The summed E-state index contributed by atoms with van der Waals surface area (Å²) < 4.78 is 13.1. The van der Waals surface area contributed by atoms with Crippen molar-refractivity contribution < 1.29 is 9.16 Å². The Morgan fingerprint density at radius 2 is 1.84 bits per heavy atom. The lowest BCUT2D eigenvalue weighted by molar-refractivity contribution is 0.133. The predicted octanol–water partition coefficient (Wildman–Crippen LogP) is 5.21. The predicted molar refractivity (Wildman–Crippen MR) is 92.3 cm³/mol. The maximum atomic E-state index is 6.32. The van der Waals surface area contributed by atoms with Gasteiger partial charge in [-0.3, -0.25) is 0 Å². The van der Waals surface area contributed by atoms with Crippen molar-refractivity contribution in [2.24, 2.45) is 0 Å². The molecular formula is C15H25IO2Si. The van der Waals surface area contributed by atoms with Gasteiger partial charge in [-0.15, -0.1) is 0 Å². The first-order valence-electron chi connectivity index (χ1n) is 6.72. The molecule has 0 atom stereocenters. The molecule has 0 aromatic heterocycles. The third-order valence-corrected chi connectivity index (χ3v) is 9.07. The Balaban J connectivity index is 2.91. The van der Waals surface area contributed by atoms with Crippen LogP contribution in [0.1, 0.15) is 33.3 Å². The van der Waals surface area contributed by atoms with Crippen LogP contribution >= 0.6 is 22.6 Å². The van der Waals surface area contributed by atoms with E-state index in [0.717, 1.165) is 12.4 Å². The zero-order valence-electron chi connectivity index (χ0n) is 12.8. The van der Waals surface area contributed by atoms with Crippen molar-refractivity contribution in [2.75, 3.05) is 6.61 Å². The summed E-state index contributed by atoms with van der Waals surface area (Å²) in [6.07, 6.45) is 0. The highest BCUT2D eigenvalue weighted by Gasteiger charge is 2.38. The summed E-state index contributed by atoms with van der Waals surface area (Å²) >= 11 is 2.35. The van der Waals surface area contributed by atoms with Crippen molar-refractivity contribution in [1.29, 1.82) is 0 Å². The molecule has 2 nitrogen and oxygen atoms in total. The van der Waals surface area contributed by atoms with Crippen LogP contribution in [0.5, 0.6) is 5.75 Å². The highest BCUT2D eigenvalue weighted by atomic mass is 127. The molecule has 4 heteroatoms. The summed E-state index contributed by atoms with van der Waals surface area (Å²) in [4.78, 5) is 0. The normalized spacial score (nSPS) is 12.6. The molecule has 0 aliphatic heterocycles. The van der Waals surface area contributed by atoms with E-state index in [1.807, 2.05) is 6.92 Å². The van der Waals surface area contributed by atoms with E-state index >= 15 is 0 Å². The maximum absolute atomic E-state index is 6.32. The average molecular weight is 392 g/mol. The van der Waals surface area contributed by atoms with Crippen molar-refractivity contribution in [3.05, 3.63) is 27.3 Å². The SMILES string of the molecule is CCOCc1cc(O[Si](C)(C)C(C)(C)C)ccc1I. The van der Waals surface area contributed by atoms with Crippen molar-refractivity contribution in [1.82, 2.24) is 0 Å². The largest absolute Gasteiger partial charge is 0.543 e. The summed E-state index contributed by atoms with van der Waals surface area (Å²) in [5.74, 6) is 0.974. The van der Waals surface area contributed by atoms with Gasteiger partial charge in [-0.2, -0.15) is 0 Å². The molecule has 1 aromatic rings. The first-order valence-corrected chi connectivity index (χ1v) is 10.7. The molecule has 0 saturated carbocycles. The van der Waals surface area contributed by atoms with Crippen molar-refractivity contribution >= 4 is 30.9 Å². The lowest BCUT2D eigenvalue weighted by Crippen LogP contribution is -2.43. The fourth-order valence-corrected chi connectivity index (χ4v) is 2.90. The Labute approximate surface area is 132 Å². The van der Waals surface area contributed by atoms with Crippen LogP contribution < -0.4 is 4.43 Å². The molecule has 0 heterocycles. The molecular weight excluding hydrogens is 367 g/mol. The van der Waals surface area contributed by atoms with Crippen molar-refractivity contribution in [2.45, 2.75) is 52.4 Å². The number of hydrogen-bond donors (Lipinski definition) is 0. The van der Waals surface area contributed by atoms with Gasteiger partial charge in [-0.05, 0) is 71.4 Å². The van der Waals surface area contributed by atoms with E-state index in [0.29, 0.717) is 6.61 Å². The minimum absolute atomic E-state index is 0.218. The van der Waals surface area contributed by atoms with Crippen LogP contribution in [0.3, 0.4) is 0 Å². The number of benzene rings is 1. The van der Waals surface area contributed by atoms with Crippen molar-refractivity contribution in [3.8, 4) is 5.75 Å². The van der Waals surface area contributed by atoms with Crippen LogP contribution in [0.25, 0.3) is 0 Å². The lowest BCUT2D eigenvalue weighted by Gasteiger charge is -2.36. The molecule has 1 rings (SSSR count). The van der Waals surface area contributed by atoms with E-state index in [1.54, 1.807) is 0 Å². The van der Waals surface area contributed by atoms with E-state index in [2.05, 4.69) is 74.7 Å². The van der Waals surface area contributed by atoms with Crippen LogP contribution in [0, 0.1) is 3.57 Å². The Morgan fingerprint density at radius 3 is 2.37 bits per heavy atom. The first kappa shape index (κ1) is 17.0. The van der Waals surface area contributed by atoms with Gasteiger partial charge >= 0.3 is 0 Å². The molecule has 0 aliphatic carbocycles. The highest BCUT2D eigenvalue weighted by molar-refractivity contribution is 14.1. The molecule has 1 aromatic carbocycles. The number of hydrogen-bond acceptors (Lipinski definition) is 2. The van der Waals surface area contributed by atoms with E-state index in [4.69, 9.17) is 9.16 Å². The lowest BCUT2D eigenvalue weighted by atomic mass is 10.2. The molecule has 0 bridgehead atoms. The summed E-state index contributed by atoms with van der Waals surface area (Å²) in [7, 11) is -1.76. The standard InChI is InChI=1S/C15H25IO2Si/c1-7-17-11-12-10-13(8-9-14(12)16)18-19(5,6)15(2,3)4/h8-10H,7,11H2,1-6H3. The molecule has 0 unspecified atom stereocenters. The minimum atomic E-state index is -1.76. The van der Waals surface area contributed by atoms with Crippen molar-refractivity contribution in [3.63, 3.8) is 0 Å². The van der Waals surface area contributed by atoms with E-state index in [9.17, 15) is 0 Å². The monoisotopic (exact) mass is 392 g/mol. The highest BCUT2D eigenvalue weighted by Crippen LogP contribution is 2.37. The van der Waals surface area contributed by atoms with Gasteiger partial charge in [0, 0.05) is 10.2 Å². The topological polar surface area (TPSA) is 18.5 Å². The summed E-state index contributed by atoms with van der Waals surface area (Å²) in [6.45, 7) is 14.7. The summed E-state index contributed by atoms with van der Waals surface area (Å²) in [5, 5.41) is 0.218. The van der Waals surface area contributed by atoms with Gasteiger partial charge in [0.15, 0.2) is 0 Å². The fraction of sp³-hybridized carbons (Fsp3) is 0.600. The number of ether oxygens (including phenoxy) is 1. The molecule has 0 spiro atoms. The van der Waals surface area contributed by atoms with Gasteiger partial charge in [-0.25, -0.2) is 0 Å². The maximum Gasteiger partial charge on any atom is 0.250 e. The molecule has 0 radical (unpaired) electrons. The molecule has 0 amide bonds. The quantitative estimate of drug-likeness (QED) is 0.506. The van der Waals surface area contributed by atoms with Gasteiger partial charge < -0.3 is 9.16 Å². The third kappa shape index (κ3) is 4.75. The molecule has 0 N–H and O–H groups in total. The van der Waals surface area contributed by atoms with Gasteiger partial charge in [0.1, 0.15) is 5.75 Å². The Kier molecular flexibility index (Phi) is 5.89. The van der Waals surface area contributed by atoms with Crippen LogP contribution in [0.15, 0.2) is 18.2 Å².